The van der Waals surface area contributed by atoms with E-state index in [2.05, 4.69) is 17.5 Å². The molecule has 0 unspecified atom stereocenters. The van der Waals surface area contributed by atoms with Crippen LogP contribution in [0.5, 0.6) is 11.5 Å². The number of amides is 1. The Morgan fingerprint density at radius 2 is 1.68 bits per heavy atom. The fourth-order valence-electron chi connectivity index (χ4n) is 3.24. The molecule has 8 heteroatoms. The number of rotatable bonds is 14. The van der Waals surface area contributed by atoms with E-state index in [-0.39, 0.29) is 22.2 Å². The van der Waals surface area contributed by atoms with Crippen LogP contribution in [0.15, 0.2) is 41.5 Å². The maximum atomic E-state index is 12.5. The van der Waals surface area contributed by atoms with Gasteiger partial charge in [0.1, 0.15) is 0 Å². The van der Waals surface area contributed by atoms with Crippen LogP contribution in [0.1, 0.15) is 81.1 Å². The average Bonchev–Trinajstić information content (AvgIpc) is 2.80. The molecular weight excluding hydrogens is 475 g/mol. The first kappa shape index (κ1) is 27.7. The SMILES string of the molecule is CCCCCCCCCC(=O)N/N=C\c1ccc(OC(=O)c2ccc(Cl)cc2Cl)c(OCC)c1. The number of esters is 1. The summed E-state index contributed by atoms with van der Waals surface area (Å²) in [5.41, 5.74) is 3.43. The summed E-state index contributed by atoms with van der Waals surface area (Å²) >= 11 is 12.0. The summed E-state index contributed by atoms with van der Waals surface area (Å²) in [7, 11) is 0. The molecule has 184 valence electrons. The van der Waals surface area contributed by atoms with Crippen molar-refractivity contribution in [2.75, 3.05) is 6.61 Å². The number of ether oxygens (including phenoxy) is 2. The highest BCUT2D eigenvalue weighted by Crippen LogP contribution is 2.30. The minimum atomic E-state index is -0.623. The van der Waals surface area contributed by atoms with E-state index in [0.717, 1.165) is 19.3 Å². The van der Waals surface area contributed by atoms with Gasteiger partial charge in [0.05, 0.1) is 23.4 Å². The molecule has 0 aliphatic carbocycles. The zero-order valence-corrected chi connectivity index (χ0v) is 21.3. The van der Waals surface area contributed by atoms with Gasteiger partial charge in [-0.25, -0.2) is 10.2 Å². The van der Waals surface area contributed by atoms with E-state index in [9.17, 15) is 9.59 Å². The van der Waals surface area contributed by atoms with Crippen molar-refractivity contribution in [3.63, 3.8) is 0 Å². The van der Waals surface area contributed by atoms with Crippen LogP contribution in [0.3, 0.4) is 0 Å². The van der Waals surface area contributed by atoms with Gasteiger partial charge in [0.15, 0.2) is 11.5 Å². The Bertz CT molecular complexity index is 979. The van der Waals surface area contributed by atoms with E-state index < -0.39 is 5.97 Å². The van der Waals surface area contributed by atoms with Crippen LogP contribution in [0.25, 0.3) is 0 Å². The fraction of sp³-hybridized carbons (Fsp3) is 0.423. The summed E-state index contributed by atoms with van der Waals surface area (Å²) in [6.07, 6.45) is 10.1. The number of hydrazone groups is 1. The third-order valence-electron chi connectivity index (χ3n) is 5.03. The van der Waals surface area contributed by atoms with Gasteiger partial charge in [-0.15, -0.1) is 0 Å². The van der Waals surface area contributed by atoms with Crippen LogP contribution in [0.4, 0.5) is 0 Å². The molecule has 0 aliphatic heterocycles. The van der Waals surface area contributed by atoms with Crippen LogP contribution in [-0.4, -0.2) is 24.7 Å². The lowest BCUT2D eigenvalue weighted by Gasteiger charge is -2.12. The molecule has 0 heterocycles. The first-order valence-corrected chi connectivity index (χ1v) is 12.5. The molecule has 0 saturated carbocycles. The normalized spacial score (nSPS) is 10.9. The van der Waals surface area contributed by atoms with Gasteiger partial charge in [0.25, 0.3) is 0 Å². The van der Waals surface area contributed by atoms with E-state index >= 15 is 0 Å². The average molecular weight is 507 g/mol. The van der Waals surface area contributed by atoms with E-state index in [0.29, 0.717) is 29.4 Å². The first-order chi connectivity index (χ1) is 16.4. The first-order valence-electron chi connectivity index (χ1n) is 11.7. The van der Waals surface area contributed by atoms with Crippen molar-refractivity contribution in [3.05, 3.63) is 57.6 Å². The van der Waals surface area contributed by atoms with Crippen molar-refractivity contribution in [2.24, 2.45) is 5.10 Å². The zero-order valence-electron chi connectivity index (χ0n) is 19.7. The Labute approximate surface area is 211 Å². The number of carbonyl (C=O) groups is 2. The molecule has 2 rings (SSSR count). The quantitative estimate of drug-likeness (QED) is 0.0964. The Kier molecular flexibility index (Phi) is 12.5. The summed E-state index contributed by atoms with van der Waals surface area (Å²) in [5.74, 6) is -0.112. The molecule has 0 radical (unpaired) electrons. The van der Waals surface area contributed by atoms with E-state index in [1.165, 1.54) is 44.0 Å². The van der Waals surface area contributed by atoms with E-state index in [1.807, 2.05) is 6.92 Å². The third-order valence-corrected chi connectivity index (χ3v) is 5.58. The molecule has 0 atom stereocenters. The topological polar surface area (TPSA) is 77.0 Å². The van der Waals surface area contributed by atoms with Crippen molar-refractivity contribution >= 4 is 41.3 Å². The Morgan fingerprint density at radius 1 is 0.941 bits per heavy atom. The summed E-state index contributed by atoms with van der Waals surface area (Å²) in [4.78, 5) is 24.5. The minimum Gasteiger partial charge on any atom is -0.490 e. The van der Waals surface area contributed by atoms with Crippen LogP contribution < -0.4 is 14.9 Å². The number of nitrogens with zero attached hydrogens (tertiary/aromatic N) is 1. The van der Waals surface area contributed by atoms with Gasteiger partial charge in [-0.05, 0) is 55.3 Å². The van der Waals surface area contributed by atoms with Crippen molar-refractivity contribution in [2.45, 2.75) is 65.2 Å². The number of carbonyl (C=O) groups excluding carboxylic acids is 2. The van der Waals surface area contributed by atoms with Gasteiger partial charge >= 0.3 is 5.97 Å². The molecule has 6 nitrogen and oxygen atoms in total. The molecule has 0 aromatic heterocycles. The number of benzene rings is 2. The lowest BCUT2D eigenvalue weighted by molar-refractivity contribution is -0.121. The molecule has 0 fully saturated rings. The highest BCUT2D eigenvalue weighted by Gasteiger charge is 2.16. The number of nitrogens with one attached hydrogen (secondary N) is 1. The summed E-state index contributed by atoms with van der Waals surface area (Å²) < 4.78 is 11.1. The largest absolute Gasteiger partial charge is 0.490 e. The van der Waals surface area contributed by atoms with Crippen molar-refractivity contribution in [1.29, 1.82) is 0 Å². The van der Waals surface area contributed by atoms with Gasteiger partial charge < -0.3 is 9.47 Å². The molecule has 1 amide bonds. The highest BCUT2D eigenvalue weighted by molar-refractivity contribution is 6.36. The Morgan fingerprint density at radius 3 is 2.38 bits per heavy atom. The second-order valence-electron chi connectivity index (χ2n) is 7.82. The van der Waals surface area contributed by atoms with E-state index in [4.69, 9.17) is 32.7 Å². The predicted octanol–water partition coefficient (Wildman–Crippen LogP) is 7.20. The van der Waals surface area contributed by atoms with Crippen molar-refractivity contribution in [1.82, 2.24) is 5.43 Å². The molecule has 34 heavy (non-hydrogen) atoms. The fourth-order valence-corrected chi connectivity index (χ4v) is 3.73. The molecule has 2 aromatic rings. The van der Waals surface area contributed by atoms with Gasteiger partial charge in [0, 0.05) is 11.4 Å². The monoisotopic (exact) mass is 506 g/mol. The third kappa shape index (κ3) is 9.74. The van der Waals surface area contributed by atoms with Crippen LogP contribution in [-0.2, 0) is 4.79 Å². The smallest absolute Gasteiger partial charge is 0.345 e. The molecule has 0 spiro atoms. The number of hydrogen-bond acceptors (Lipinski definition) is 5. The highest BCUT2D eigenvalue weighted by atomic mass is 35.5. The zero-order chi connectivity index (χ0) is 24.8. The molecular formula is C26H32Cl2N2O4. The second-order valence-corrected chi connectivity index (χ2v) is 8.66. The predicted molar refractivity (Wildman–Crippen MR) is 137 cm³/mol. The molecule has 1 N–H and O–H groups in total. The minimum absolute atomic E-state index is 0.111. The Balaban J connectivity index is 1.89. The number of halogens is 2. The summed E-state index contributed by atoms with van der Waals surface area (Å²) in [5, 5.41) is 4.65. The number of unbranched alkanes of at least 4 members (excludes halogenated alkanes) is 6. The van der Waals surface area contributed by atoms with Gasteiger partial charge in [-0.2, -0.15) is 5.10 Å². The maximum absolute atomic E-state index is 12.5. The Hall–Kier alpha value is -2.57. The van der Waals surface area contributed by atoms with Crippen molar-refractivity contribution in [3.8, 4) is 11.5 Å². The summed E-state index contributed by atoms with van der Waals surface area (Å²) in [6.45, 7) is 4.40. The van der Waals surface area contributed by atoms with Gasteiger partial charge in [-0.3, -0.25) is 4.79 Å². The van der Waals surface area contributed by atoms with Crippen LogP contribution in [0.2, 0.25) is 10.0 Å². The second kappa shape index (κ2) is 15.4. The molecule has 0 saturated heterocycles. The van der Waals surface area contributed by atoms with E-state index in [1.54, 1.807) is 24.3 Å². The van der Waals surface area contributed by atoms with Crippen LogP contribution >= 0.6 is 23.2 Å². The van der Waals surface area contributed by atoms with Gasteiger partial charge in [-0.1, -0.05) is 68.7 Å². The summed E-state index contributed by atoms with van der Waals surface area (Å²) in [6, 6.07) is 9.54. The van der Waals surface area contributed by atoms with Crippen LogP contribution in [0, 0.1) is 0 Å². The molecule has 0 aliphatic rings. The molecule has 2 aromatic carbocycles. The standard InChI is InChI=1S/C26H32Cl2N2O4/c1-3-5-6-7-8-9-10-11-25(31)30-29-18-19-12-15-23(24(16-19)33-4-2)34-26(32)21-14-13-20(27)17-22(21)28/h12-18H,3-11H2,1-2H3,(H,30,31)/b29-18-. The maximum Gasteiger partial charge on any atom is 0.345 e. The van der Waals surface area contributed by atoms with Gasteiger partial charge in [0.2, 0.25) is 5.91 Å². The van der Waals surface area contributed by atoms with Crippen molar-refractivity contribution < 1.29 is 19.1 Å². The number of hydrogen-bond donors (Lipinski definition) is 1. The lowest BCUT2D eigenvalue weighted by atomic mass is 10.1. The molecule has 0 bridgehead atoms. The lowest BCUT2D eigenvalue weighted by Crippen LogP contribution is -2.16.